The summed E-state index contributed by atoms with van der Waals surface area (Å²) in [7, 11) is 2.06. The zero-order valence-corrected chi connectivity index (χ0v) is 12.9. The first-order valence-electron chi connectivity index (χ1n) is 5.65. The summed E-state index contributed by atoms with van der Waals surface area (Å²) in [5, 5.41) is 3.21. The van der Waals surface area contributed by atoms with Crippen molar-refractivity contribution >= 4 is 39.3 Å². The fraction of sp³-hybridized carbons (Fsp3) is 0.636. The molecular weight excluding hydrogens is 300 g/mol. The lowest BCUT2D eigenvalue weighted by molar-refractivity contribution is 0.838. The van der Waals surface area contributed by atoms with Crippen LogP contribution in [0.15, 0.2) is 10.8 Å². The Morgan fingerprint density at radius 3 is 2.88 bits per heavy atom. The summed E-state index contributed by atoms with van der Waals surface area (Å²) < 4.78 is 0.938. The van der Waals surface area contributed by atoms with Crippen LogP contribution in [-0.2, 0) is 0 Å². The van der Waals surface area contributed by atoms with Crippen molar-refractivity contribution in [1.29, 1.82) is 0 Å². The van der Waals surface area contributed by atoms with Gasteiger partial charge in [0.15, 0.2) is 0 Å². The van der Waals surface area contributed by atoms with Crippen molar-refractivity contribution in [2.45, 2.75) is 13.3 Å². The average molecular weight is 319 g/mol. The highest BCUT2D eigenvalue weighted by Crippen LogP contribution is 2.28. The molecule has 0 atom stereocenters. The molecule has 96 valence electrons. The van der Waals surface area contributed by atoms with Gasteiger partial charge in [0, 0.05) is 20.1 Å². The van der Waals surface area contributed by atoms with E-state index in [1.807, 2.05) is 11.8 Å². The van der Waals surface area contributed by atoms with Gasteiger partial charge in [-0.15, -0.1) is 0 Å². The summed E-state index contributed by atoms with van der Waals surface area (Å²) in [5.74, 6) is 2.97. The lowest BCUT2D eigenvalue weighted by Crippen LogP contribution is -2.21. The van der Waals surface area contributed by atoms with Gasteiger partial charge in [0.05, 0.1) is 0 Å². The van der Waals surface area contributed by atoms with E-state index in [-0.39, 0.29) is 0 Å². The van der Waals surface area contributed by atoms with Crippen molar-refractivity contribution < 1.29 is 0 Å². The van der Waals surface area contributed by atoms with Gasteiger partial charge in [-0.2, -0.15) is 11.8 Å². The van der Waals surface area contributed by atoms with Crippen LogP contribution in [0.1, 0.15) is 13.3 Å². The quantitative estimate of drug-likeness (QED) is 0.783. The predicted molar refractivity (Wildman–Crippen MR) is 80.2 cm³/mol. The minimum absolute atomic E-state index is 0.852. The highest BCUT2D eigenvalue weighted by Gasteiger charge is 2.11. The van der Waals surface area contributed by atoms with Crippen molar-refractivity contribution in [3.05, 3.63) is 10.8 Å². The minimum Gasteiger partial charge on any atom is -0.369 e. The molecule has 0 radical (unpaired) electrons. The van der Waals surface area contributed by atoms with Crippen LogP contribution in [0.4, 0.5) is 11.6 Å². The topological polar surface area (TPSA) is 41.1 Å². The fourth-order valence-corrected chi connectivity index (χ4v) is 2.53. The Hall–Kier alpha value is -0.490. The number of halogens is 1. The summed E-state index contributed by atoms with van der Waals surface area (Å²) >= 11 is 5.43. The van der Waals surface area contributed by atoms with E-state index in [0.717, 1.165) is 35.6 Å². The Balaban J connectivity index is 2.72. The number of anilines is 2. The monoisotopic (exact) mass is 318 g/mol. The summed E-state index contributed by atoms with van der Waals surface area (Å²) in [4.78, 5) is 10.7. The molecule has 6 heteroatoms. The molecule has 0 aromatic carbocycles. The molecule has 0 aliphatic carbocycles. The average Bonchev–Trinajstić information content (AvgIpc) is 2.32. The lowest BCUT2D eigenvalue weighted by Gasteiger charge is -2.20. The van der Waals surface area contributed by atoms with Crippen LogP contribution < -0.4 is 10.2 Å². The van der Waals surface area contributed by atoms with E-state index in [2.05, 4.69) is 56.3 Å². The molecule has 1 aromatic heterocycles. The first kappa shape index (κ1) is 14.6. The molecule has 4 nitrogen and oxygen atoms in total. The lowest BCUT2D eigenvalue weighted by atomic mass is 10.4. The molecule has 0 saturated heterocycles. The first-order valence-corrected chi connectivity index (χ1v) is 7.83. The van der Waals surface area contributed by atoms with Crippen LogP contribution in [0, 0.1) is 0 Å². The molecule has 1 N–H and O–H groups in total. The summed E-state index contributed by atoms with van der Waals surface area (Å²) in [6, 6.07) is 0. The van der Waals surface area contributed by atoms with Crippen LogP contribution in [0.25, 0.3) is 0 Å². The van der Waals surface area contributed by atoms with Gasteiger partial charge in [-0.1, -0.05) is 0 Å². The summed E-state index contributed by atoms with van der Waals surface area (Å²) in [6.45, 7) is 3.91. The first-order chi connectivity index (χ1) is 8.20. The third-order valence-electron chi connectivity index (χ3n) is 2.32. The molecule has 0 unspecified atom stereocenters. The molecule has 1 aromatic rings. The minimum atomic E-state index is 0.852. The van der Waals surface area contributed by atoms with Crippen molar-refractivity contribution in [2.24, 2.45) is 0 Å². The van der Waals surface area contributed by atoms with E-state index < -0.39 is 0 Å². The van der Waals surface area contributed by atoms with Gasteiger partial charge in [0.25, 0.3) is 0 Å². The largest absolute Gasteiger partial charge is 0.369 e. The van der Waals surface area contributed by atoms with Gasteiger partial charge >= 0.3 is 0 Å². The molecule has 0 aliphatic heterocycles. The van der Waals surface area contributed by atoms with Crippen LogP contribution in [0.3, 0.4) is 0 Å². The molecule has 0 bridgehead atoms. The number of nitrogens with zero attached hydrogens (tertiary/aromatic N) is 3. The van der Waals surface area contributed by atoms with Crippen molar-refractivity contribution in [1.82, 2.24) is 9.97 Å². The van der Waals surface area contributed by atoms with Gasteiger partial charge in [-0.05, 0) is 41.3 Å². The van der Waals surface area contributed by atoms with Gasteiger partial charge in [-0.3, -0.25) is 0 Å². The number of thioether (sulfide) groups is 1. The molecule has 17 heavy (non-hydrogen) atoms. The third kappa shape index (κ3) is 4.35. The van der Waals surface area contributed by atoms with E-state index in [4.69, 9.17) is 0 Å². The standard InChI is InChI=1S/C11H19BrN4S/c1-4-13-10-9(12)11(15-8-14-10)16(2)6-5-7-17-3/h8H,4-7H2,1-3H3,(H,13,14,15). The maximum Gasteiger partial charge on any atom is 0.148 e. The number of aromatic nitrogens is 2. The van der Waals surface area contributed by atoms with E-state index in [0.29, 0.717) is 0 Å². The highest BCUT2D eigenvalue weighted by atomic mass is 79.9. The fourth-order valence-electron chi connectivity index (χ4n) is 1.47. The van der Waals surface area contributed by atoms with E-state index in [1.165, 1.54) is 5.75 Å². The number of hydrogen-bond acceptors (Lipinski definition) is 5. The zero-order chi connectivity index (χ0) is 12.7. The Kier molecular flexibility index (Phi) is 6.65. The van der Waals surface area contributed by atoms with Gasteiger partial charge in [-0.25, -0.2) is 9.97 Å². The van der Waals surface area contributed by atoms with Crippen molar-refractivity contribution in [3.8, 4) is 0 Å². The van der Waals surface area contributed by atoms with Gasteiger partial charge in [0.1, 0.15) is 22.4 Å². The van der Waals surface area contributed by atoms with Gasteiger partial charge in [0.2, 0.25) is 0 Å². The number of nitrogens with one attached hydrogen (secondary N) is 1. The molecule has 0 saturated carbocycles. The smallest absolute Gasteiger partial charge is 0.148 e. The Bertz CT molecular complexity index is 348. The van der Waals surface area contributed by atoms with Crippen LogP contribution >= 0.6 is 27.7 Å². The summed E-state index contributed by atoms with van der Waals surface area (Å²) in [5.41, 5.74) is 0. The van der Waals surface area contributed by atoms with Gasteiger partial charge < -0.3 is 10.2 Å². The van der Waals surface area contributed by atoms with Crippen LogP contribution in [0.2, 0.25) is 0 Å². The maximum atomic E-state index is 4.32. The molecule has 0 amide bonds. The number of hydrogen-bond donors (Lipinski definition) is 1. The van der Waals surface area contributed by atoms with Crippen molar-refractivity contribution in [3.63, 3.8) is 0 Å². The molecular formula is C11H19BrN4S. The van der Waals surface area contributed by atoms with Crippen LogP contribution in [-0.4, -0.2) is 42.1 Å². The van der Waals surface area contributed by atoms with Crippen molar-refractivity contribution in [2.75, 3.05) is 42.4 Å². The second kappa shape index (κ2) is 7.76. The third-order valence-corrected chi connectivity index (χ3v) is 3.75. The highest BCUT2D eigenvalue weighted by molar-refractivity contribution is 9.10. The molecule has 1 rings (SSSR count). The van der Waals surface area contributed by atoms with E-state index in [1.54, 1.807) is 6.33 Å². The maximum absolute atomic E-state index is 4.32. The number of rotatable bonds is 7. The Morgan fingerprint density at radius 2 is 2.24 bits per heavy atom. The normalized spacial score (nSPS) is 10.4. The molecule has 0 fully saturated rings. The zero-order valence-electron chi connectivity index (χ0n) is 10.5. The Labute approximate surface area is 116 Å². The predicted octanol–water partition coefficient (Wildman–Crippen LogP) is 2.86. The second-order valence-electron chi connectivity index (χ2n) is 3.66. The molecule has 0 aliphatic rings. The second-order valence-corrected chi connectivity index (χ2v) is 5.44. The van der Waals surface area contributed by atoms with E-state index >= 15 is 0 Å². The van der Waals surface area contributed by atoms with E-state index in [9.17, 15) is 0 Å². The Morgan fingerprint density at radius 1 is 1.47 bits per heavy atom. The molecule has 1 heterocycles. The van der Waals surface area contributed by atoms with Crippen LogP contribution in [0.5, 0.6) is 0 Å². The SMILES string of the molecule is CCNc1ncnc(N(C)CCCSC)c1Br. The summed E-state index contributed by atoms with van der Waals surface area (Å²) in [6.07, 6.45) is 4.89. The molecule has 0 spiro atoms.